The monoisotopic (exact) mass is 492 g/mol. The second-order valence-electron chi connectivity index (χ2n) is 9.76. The Kier molecular flexibility index (Phi) is 7.38. The number of carbonyl (C=O) groups excluding carboxylic acids is 1. The predicted molar refractivity (Wildman–Crippen MR) is 143 cm³/mol. The summed E-state index contributed by atoms with van der Waals surface area (Å²) in [7, 11) is 0. The van der Waals surface area contributed by atoms with Gasteiger partial charge >= 0.3 is 0 Å². The lowest BCUT2D eigenvalue weighted by Crippen LogP contribution is -2.38. The minimum Gasteiger partial charge on any atom is -0.318 e. The van der Waals surface area contributed by atoms with Crippen molar-refractivity contribution < 1.29 is 4.79 Å². The molecule has 1 N–H and O–H groups in total. The Bertz CT molecular complexity index is 1120. The van der Waals surface area contributed by atoms with Gasteiger partial charge in [-0.15, -0.1) is 11.3 Å². The number of carbonyl (C=O) groups is 1. The average molecular weight is 493 g/mol. The molecule has 1 amide bonds. The van der Waals surface area contributed by atoms with Crippen molar-refractivity contribution in [3.8, 4) is 0 Å². The van der Waals surface area contributed by atoms with Crippen LogP contribution in [0.5, 0.6) is 0 Å². The van der Waals surface area contributed by atoms with E-state index in [9.17, 15) is 4.79 Å². The van der Waals surface area contributed by atoms with E-state index in [4.69, 9.17) is 11.6 Å². The van der Waals surface area contributed by atoms with Crippen LogP contribution in [0.25, 0.3) is 0 Å². The number of likely N-dealkylation sites (tertiary alicyclic amines) is 1. The van der Waals surface area contributed by atoms with Gasteiger partial charge in [0.2, 0.25) is 5.91 Å². The average Bonchev–Trinajstić information content (AvgIpc) is 3.19. The first-order valence-corrected chi connectivity index (χ1v) is 13.7. The van der Waals surface area contributed by atoms with Crippen molar-refractivity contribution in [2.45, 2.75) is 57.9 Å². The molecule has 5 heteroatoms. The molecule has 2 heterocycles. The molecule has 1 unspecified atom stereocenters. The molecule has 34 heavy (non-hydrogen) atoms. The van der Waals surface area contributed by atoms with Crippen LogP contribution in [-0.2, 0) is 24.1 Å². The van der Waals surface area contributed by atoms with Crippen LogP contribution in [0.2, 0.25) is 5.02 Å². The zero-order valence-corrected chi connectivity index (χ0v) is 21.4. The SMILES string of the molecule is CC(=O)Nc1sc2c(c1C(c1ccc(Cl)cc1)N1CCC(Cc3ccccc3)CC1)CCCC2. The van der Waals surface area contributed by atoms with Crippen LogP contribution in [0.3, 0.4) is 0 Å². The normalized spacial score (nSPS) is 17.8. The summed E-state index contributed by atoms with van der Waals surface area (Å²) in [4.78, 5) is 16.2. The lowest BCUT2D eigenvalue weighted by Gasteiger charge is -2.39. The van der Waals surface area contributed by atoms with Crippen LogP contribution >= 0.6 is 22.9 Å². The van der Waals surface area contributed by atoms with Crippen LogP contribution in [0, 0.1) is 5.92 Å². The molecular weight excluding hydrogens is 460 g/mol. The number of piperidine rings is 1. The maximum Gasteiger partial charge on any atom is 0.221 e. The lowest BCUT2D eigenvalue weighted by molar-refractivity contribution is -0.114. The molecule has 178 valence electrons. The van der Waals surface area contributed by atoms with Gasteiger partial charge in [-0.05, 0) is 92.8 Å². The molecule has 0 radical (unpaired) electrons. The van der Waals surface area contributed by atoms with Crippen molar-refractivity contribution in [2.24, 2.45) is 5.92 Å². The molecule has 1 fully saturated rings. The predicted octanol–water partition coefficient (Wildman–Crippen LogP) is 7.28. The number of amides is 1. The second-order valence-corrected chi connectivity index (χ2v) is 11.3. The third-order valence-corrected chi connectivity index (χ3v) is 8.82. The number of nitrogens with zero attached hydrogens (tertiary/aromatic N) is 1. The zero-order valence-electron chi connectivity index (χ0n) is 19.9. The van der Waals surface area contributed by atoms with E-state index in [1.807, 2.05) is 12.1 Å². The summed E-state index contributed by atoms with van der Waals surface area (Å²) < 4.78 is 0. The fraction of sp³-hybridized carbons (Fsp3) is 0.414. The first-order chi connectivity index (χ1) is 16.6. The van der Waals surface area contributed by atoms with Crippen molar-refractivity contribution >= 4 is 33.8 Å². The number of hydrogen-bond acceptors (Lipinski definition) is 3. The summed E-state index contributed by atoms with van der Waals surface area (Å²) >= 11 is 8.07. The summed E-state index contributed by atoms with van der Waals surface area (Å²) in [5.74, 6) is 0.729. The molecule has 0 bridgehead atoms. The highest BCUT2D eigenvalue weighted by molar-refractivity contribution is 7.16. The topological polar surface area (TPSA) is 32.3 Å². The number of nitrogens with one attached hydrogen (secondary N) is 1. The number of benzene rings is 2. The number of rotatable bonds is 6. The van der Waals surface area contributed by atoms with Crippen LogP contribution < -0.4 is 5.32 Å². The maximum atomic E-state index is 12.1. The van der Waals surface area contributed by atoms with Gasteiger partial charge in [0.15, 0.2) is 0 Å². The van der Waals surface area contributed by atoms with Crippen LogP contribution in [-0.4, -0.2) is 23.9 Å². The van der Waals surface area contributed by atoms with Crippen molar-refractivity contribution in [1.29, 1.82) is 0 Å². The Morgan fingerprint density at radius 3 is 2.47 bits per heavy atom. The molecular formula is C29H33ClN2OS. The summed E-state index contributed by atoms with van der Waals surface area (Å²) in [5.41, 5.74) is 5.52. The van der Waals surface area contributed by atoms with E-state index in [1.165, 1.54) is 52.8 Å². The fourth-order valence-electron chi connectivity index (χ4n) is 5.70. The highest BCUT2D eigenvalue weighted by Gasteiger charge is 2.33. The van der Waals surface area contributed by atoms with E-state index in [0.29, 0.717) is 0 Å². The van der Waals surface area contributed by atoms with Gasteiger partial charge in [0.1, 0.15) is 5.00 Å². The van der Waals surface area contributed by atoms with E-state index in [-0.39, 0.29) is 11.9 Å². The van der Waals surface area contributed by atoms with Gasteiger partial charge in [0.05, 0.1) is 6.04 Å². The third kappa shape index (κ3) is 5.25. The first kappa shape index (κ1) is 23.6. The third-order valence-electron chi connectivity index (χ3n) is 7.34. The quantitative estimate of drug-likeness (QED) is 0.392. The van der Waals surface area contributed by atoms with Gasteiger partial charge in [-0.2, -0.15) is 0 Å². The largest absolute Gasteiger partial charge is 0.318 e. The minimum absolute atomic E-state index is 0.0104. The molecule has 1 saturated heterocycles. The van der Waals surface area contributed by atoms with E-state index >= 15 is 0 Å². The first-order valence-electron chi connectivity index (χ1n) is 12.5. The number of fused-ring (bicyclic) bond motifs is 1. The van der Waals surface area contributed by atoms with Crippen LogP contribution in [0.1, 0.15) is 65.8 Å². The number of anilines is 1. The van der Waals surface area contributed by atoms with Crippen molar-refractivity contribution in [1.82, 2.24) is 4.90 Å². The van der Waals surface area contributed by atoms with E-state index in [1.54, 1.807) is 18.3 Å². The number of hydrogen-bond donors (Lipinski definition) is 1. The van der Waals surface area contributed by atoms with E-state index < -0.39 is 0 Å². The van der Waals surface area contributed by atoms with Crippen LogP contribution in [0.15, 0.2) is 54.6 Å². The smallest absolute Gasteiger partial charge is 0.221 e. The maximum absolute atomic E-state index is 12.1. The van der Waals surface area contributed by atoms with Crippen molar-refractivity contribution in [2.75, 3.05) is 18.4 Å². The molecule has 3 nitrogen and oxygen atoms in total. The molecule has 0 spiro atoms. The van der Waals surface area contributed by atoms with E-state index in [2.05, 4.69) is 52.7 Å². The van der Waals surface area contributed by atoms with Crippen molar-refractivity contribution in [3.63, 3.8) is 0 Å². The summed E-state index contributed by atoms with van der Waals surface area (Å²) in [6.45, 7) is 3.75. The van der Waals surface area contributed by atoms with Crippen molar-refractivity contribution in [3.05, 3.63) is 86.8 Å². The second kappa shape index (κ2) is 10.6. The number of thiophene rings is 1. The molecule has 2 aromatic carbocycles. The molecule has 2 aliphatic rings. The molecule has 1 aliphatic carbocycles. The van der Waals surface area contributed by atoms with Gasteiger partial charge in [0, 0.05) is 22.4 Å². The standard InChI is InChI=1S/C29H33ClN2OS/c1-20(33)31-29-27(25-9-5-6-10-26(25)34-29)28(23-11-13-24(30)14-12-23)32-17-15-22(16-18-32)19-21-7-3-2-4-8-21/h2-4,7-8,11-14,22,28H,5-6,9-10,15-19H2,1H3,(H,31,33). The Morgan fingerprint density at radius 2 is 1.76 bits per heavy atom. The highest BCUT2D eigenvalue weighted by atomic mass is 35.5. The summed E-state index contributed by atoms with van der Waals surface area (Å²) in [6, 6.07) is 19.4. The minimum atomic E-state index is 0.0104. The van der Waals surface area contributed by atoms with Gasteiger partial charge in [0.25, 0.3) is 0 Å². The fourth-order valence-corrected chi connectivity index (χ4v) is 7.19. The molecule has 1 atom stereocenters. The molecule has 3 aromatic rings. The number of halogens is 1. The molecule has 1 aliphatic heterocycles. The van der Waals surface area contributed by atoms with Gasteiger partial charge in [-0.3, -0.25) is 9.69 Å². The van der Waals surface area contributed by atoms with Gasteiger partial charge in [-0.25, -0.2) is 0 Å². The zero-order chi connectivity index (χ0) is 23.5. The van der Waals surface area contributed by atoms with Crippen LogP contribution in [0.4, 0.5) is 5.00 Å². The molecule has 1 aromatic heterocycles. The summed E-state index contributed by atoms with van der Waals surface area (Å²) in [5, 5.41) is 5.01. The molecule has 5 rings (SSSR count). The molecule has 0 saturated carbocycles. The number of aryl methyl sites for hydroxylation is 1. The summed E-state index contributed by atoms with van der Waals surface area (Å²) in [6.07, 6.45) is 8.24. The Hall–Kier alpha value is -2.14. The lowest BCUT2D eigenvalue weighted by atomic mass is 9.85. The van der Waals surface area contributed by atoms with Gasteiger partial charge in [-0.1, -0.05) is 54.1 Å². The highest BCUT2D eigenvalue weighted by Crippen LogP contribution is 2.46. The van der Waals surface area contributed by atoms with Gasteiger partial charge < -0.3 is 5.32 Å². The Balaban J connectivity index is 1.46. The van der Waals surface area contributed by atoms with E-state index in [0.717, 1.165) is 48.3 Å². The Labute approximate surface area is 212 Å². The Morgan fingerprint density at radius 1 is 1.06 bits per heavy atom.